The molecule has 2 nitrogen and oxygen atoms in total. The van der Waals surface area contributed by atoms with E-state index >= 15 is 0 Å². The maximum atomic E-state index is 11.9. The summed E-state index contributed by atoms with van der Waals surface area (Å²) >= 11 is 0. The zero-order chi connectivity index (χ0) is 16.0. The van der Waals surface area contributed by atoms with Gasteiger partial charge in [0.15, 0.2) is 6.29 Å². The van der Waals surface area contributed by atoms with E-state index < -0.39 is 0 Å². The monoisotopic (exact) mass is 299 g/mol. The summed E-state index contributed by atoms with van der Waals surface area (Å²) in [6, 6.07) is 20.7. The molecule has 4 aromatic rings. The van der Waals surface area contributed by atoms with Crippen molar-refractivity contribution in [3.63, 3.8) is 0 Å². The summed E-state index contributed by atoms with van der Waals surface area (Å²) in [5.74, 6) is 0. The van der Waals surface area contributed by atoms with Gasteiger partial charge in [0.2, 0.25) is 0 Å². The van der Waals surface area contributed by atoms with E-state index in [2.05, 4.69) is 47.9 Å². The standard InChI is InChI=1S/C21H17NO/c1-14-11-12-15-7-3-4-8-16(15)20(14)21-18(13-23)17-9-5-6-10-19(17)22(21)2/h3-13H,1-2H3. The van der Waals surface area contributed by atoms with Gasteiger partial charge in [0.1, 0.15) is 0 Å². The van der Waals surface area contributed by atoms with Crippen molar-refractivity contribution in [3.8, 4) is 11.3 Å². The van der Waals surface area contributed by atoms with E-state index in [9.17, 15) is 4.79 Å². The number of rotatable bonds is 2. The molecule has 0 spiro atoms. The van der Waals surface area contributed by atoms with Gasteiger partial charge in [-0.25, -0.2) is 0 Å². The minimum absolute atomic E-state index is 0.766. The molecule has 23 heavy (non-hydrogen) atoms. The van der Waals surface area contributed by atoms with Crippen LogP contribution in [0.25, 0.3) is 32.9 Å². The second-order valence-corrected chi connectivity index (χ2v) is 5.93. The quantitative estimate of drug-likeness (QED) is 0.471. The lowest BCUT2D eigenvalue weighted by Crippen LogP contribution is -1.97. The summed E-state index contributed by atoms with van der Waals surface area (Å²) in [4.78, 5) is 11.9. The molecular formula is C21H17NO. The van der Waals surface area contributed by atoms with Crippen LogP contribution in [0.2, 0.25) is 0 Å². The lowest BCUT2D eigenvalue weighted by molar-refractivity contribution is 0.112. The Kier molecular flexibility index (Phi) is 3.05. The van der Waals surface area contributed by atoms with Crippen LogP contribution in [-0.4, -0.2) is 10.9 Å². The van der Waals surface area contributed by atoms with Crippen LogP contribution >= 0.6 is 0 Å². The van der Waals surface area contributed by atoms with Crippen LogP contribution in [0.1, 0.15) is 15.9 Å². The molecule has 112 valence electrons. The van der Waals surface area contributed by atoms with Crippen LogP contribution in [0.3, 0.4) is 0 Å². The SMILES string of the molecule is Cc1ccc2ccccc2c1-c1c(C=O)c2ccccc2n1C. The van der Waals surface area contributed by atoms with E-state index in [-0.39, 0.29) is 0 Å². The van der Waals surface area contributed by atoms with Crippen LogP contribution in [0.4, 0.5) is 0 Å². The fourth-order valence-electron chi connectivity index (χ4n) is 3.54. The van der Waals surface area contributed by atoms with Gasteiger partial charge in [-0.3, -0.25) is 4.79 Å². The Hall–Kier alpha value is -2.87. The Bertz CT molecular complexity index is 1060. The summed E-state index contributed by atoms with van der Waals surface area (Å²) in [6.07, 6.45) is 0.985. The van der Waals surface area contributed by atoms with Crippen LogP contribution in [-0.2, 0) is 7.05 Å². The van der Waals surface area contributed by atoms with Gasteiger partial charge >= 0.3 is 0 Å². The number of carbonyl (C=O) groups excluding carboxylic acids is 1. The Balaban J connectivity index is 2.22. The Morgan fingerprint density at radius 1 is 0.870 bits per heavy atom. The van der Waals surface area contributed by atoms with Gasteiger partial charge in [0, 0.05) is 29.1 Å². The Morgan fingerprint density at radius 2 is 1.57 bits per heavy atom. The molecule has 0 bridgehead atoms. The number of aryl methyl sites for hydroxylation is 2. The predicted octanol–water partition coefficient (Wildman–Crippen LogP) is 5.12. The van der Waals surface area contributed by atoms with Crippen molar-refractivity contribution >= 4 is 28.0 Å². The molecule has 3 aromatic carbocycles. The van der Waals surface area contributed by atoms with Crippen molar-refractivity contribution in [2.75, 3.05) is 0 Å². The number of hydrogen-bond donors (Lipinski definition) is 0. The lowest BCUT2D eigenvalue weighted by Gasteiger charge is -2.13. The minimum atomic E-state index is 0.766. The maximum Gasteiger partial charge on any atom is 0.152 e. The lowest BCUT2D eigenvalue weighted by atomic mass is 9.95. The van der Waals surface area contributed by atoms with E-state index in [0.717, 1.165) is 34.0 Å². The van der Waals surface area contributed by atoms with Crippen molar-refractivity contribution in [1.82, 2.24) is 4.57 Å². The molecule has 0 saturated carbocycles. The number of nitrogens with zero attached hydrogens (tertiary/aromatic N) is 1. The molecule has 1 aromatic heterocycles. The topological polar surface area (TPSA) is 22.0 Å². The van der Waals surface area contributed by atoms with Gasteiger partial charge in [0.25, 0.3) is 0 Å². The largest absolute Gasteiger partial charge is 0.343 e. The highest BCUT2D eigenvalue weighted by atomic mass is 16.1. The predicted molar refractivity (Wildman–Crippen MR) is 96.0 cm³/mol. The molecule has 0 saturated heterocycles. The van der Waals surface area contributed by atoms with Crippen LogP contribution in [0.5, 0.6) is 0 Å². The average Bonchev–Trinajstić information content (AvgIpc) is 2.87. The highest BCUT2D eigenvalue weighted by molar-refractivity contribution is 6.09. The summed E-state index contributed by atoms with van der Waals surface area (Å²) in [5.41, 5.74) is 5.16. The third-order valence-corrected chi connectivity index (χ3v) is 4.64. The van der Waals surface area contributed by atoms with Crippen molar-refractivity contribution in [2.24, 2.45) is 7.05 Å². The van der Waals surface area contributed by atoms with E-state index in [1.165, 1.54) is 16.3 Å². The Labute approximate surface area is 135 Å². The van der Waals surface area contributed by atoms with Gasteiger partial charge in [-0.2, -0.15) is 0 Å². The van der Waals surface area contributed by atoms with Crippen molar-refractivity contribution < 1.29 is 4.79 Å². The molecule has 0 aliphatic rings. The van der Waals surface area contributed by atoms with Crippen molar-refractivity contribution in [1.29, 1.82) is 0 Å². The van der Waals surface area contributed by atoms with Crippen LogP contribution < -0.4 is 0 Å². The third-order valence-electron chi connectivity index (χ3n) is 4.64. The number of benzene rings is 3. The average molecular weight is 299 g/mol. The summed E-state index contributed by atoms with van der Waals surface area (Å²) in [5, 5.41) is 3.38. The normalized spacial score (nSPS) is 11.2. The minimum Gasteiger partial charge on any atom is -0.343 e. The first kappa shape index (κ1) is 13.8. The zero-order valence-corrected chi connectivity index (χ0v) is 13.2. The fourth-order valence-corrected chi connectivity index (χ4v) is 3.54. The molecule has 2 heteroatoms. The molecule has 0 atom stereocenters. The van der Waals surface area contributed by atoms with Gasteiger partial charge in [-0.1, -0.05) is 54.6 Å². The zero-order valence-electron chi connectivity index (χ0n) is 13.2. The number of para-hydroxylation sites is 1. The van der Waals surface area contributed by atoms with E-state index in [1.807, 2.05) is 31.3 Å². The van der Waals surface area contributed by atoms with E-state index in [4.69, 9.17) is 0 Å². The van der Waals surface area contributed by atoms with E-state index in [1.54, 1.807) is 0 Å². The molecule has 0 amide bonds. The first-order valence-electron chi connectivity index (χ1n) is 7.73. The molecule has 0 fully saturated rings. The molecule has 0 radical (unpaired) electrons. The molecule has 0 unspecified atom stereocenters. The van der Waals surface area contributed by atoms with Crippen molar-refractivity contribution in [3.05, 3.63) is 71.8 Å². The molecular weight excluding hydrogens is 282 g/mol. The number of aldehydes is 1. The molecule has 0 N–H and O–H groups in total. The van der Waals surface area contributed by atoms with Gasteiger partial charge < -0.3 is 4.57 Å². The van der Waals surface area contributed by atoms with Gasteiger partial charge in [0.05, 0.1) is 5.69 Å². The van der Waals surface area contributed by atoms with Crippen molar-refractivity contribution in [2.45, 2.75) is 6.92 Å². The highest BCUT2D eigenvalue weighted by Crippen LogP contribution is 2.37. The second-order valence-electron chi connectivity index (χ2n) is 5.93. The van der Waals surface area contributed by atoms with Gasteiger partial charge in [-0.05, 0) is 29.3 Å². The maximum absolute atomic E-state index is 11.9. The fraction of sp³-hybridized carbons (Fsp3) is 0.0952. The summed E-state index contributed by atoms with van der Waals surface area (Å²) in [6.45, 7) is 2.11. The molecule has 0 aliphatic carbocycles. The first-order valence-corrected chi connectivity index (χ1v) is 7.73. The summed E-state index contributed by atoms with van der Waals surface area (Å²) in [7, 11) is 2.03. The smallest absolute Gasteiger partial charge is 0.152 e. The summed E-state index contributed by atoms with van der Waals surface area (Å²) < 4.78 is 2.13. The first-order chi connectivity index (χ1) is 11.2. The van der Waals surface area contributed by atoms with Crippen LogP contribution in [0, 0.1) is 6.92 Å². The molecule has 1 heterocycles. The number of aromatic nitrogens is 1. The Morgan fingerprint density at radius 3 is 2.35 bits per heavy atom. The second kappa shape index (κ2) is 5.10. The molecule has 0 aliphatic heterocycles. The number of carbonyl (C=O) groups is 1. The molecule has 4 rings (SSSR count). The number of fused-ring (bicyclic) bond motifs is 2. The third kappa shape index (κ3) is 1.92. The van der Waals surface area contributed by atoms with Crippen LogP contribution in [0.15, 0.2) is 60.7 Å². The highest BCUT2D eigenvalue weighted by Gasteiger charge is 2.19. The van der Waals surface area contributed by atoms with Gasteiger partial charge in [-0.15, -0.1) is 0 Å². The number of hydrogen-bond acceptors (Lipinski definition) is 1. The van der Waals surface area contributed by atoms with E-state index in [0.29, 0.717) is 0 Å².